The van der Waals surface area contributed by atoms with Crippen molar-refractivity contribution in [2.45, 2.75) is 64.5 Å². The van der Waals surface area contributed by atoms with E-state index < -0.39 is 0 Å². The molecule has 0 spiro atoms. The van der Waals surface area contributed by atoms with Crippen molar-refractivity contribution in [2.24, 2.45) is 0 Å². The van der Waals surface area contributed by atoms with Gasteiger partial charge in [-0.05, 0) is 70.1 Å². The fraction of sp³-hybridized carbons (Fsp3) is 0.611. The normalized spacial score (nSPS) is 17.0. The highest BCUT2D eigenvalue weighted by atomic mass is 16.5. The lowest BCUT2D eigenvalue weighted by atomic mass is 9.96. The Balaban J connectivity index is 1.69. The molecule has 0 radical (unpaired) electrons. The number of nitrogens with zero attached hydrogens (tertiary/aromatic N) is 1. The maximum Gasteiger partial charge on any atom is 0.122 e. The molecule has 2 rings (SSSR count). The van der Waals surface area contributed by atoms with Crippen LogP contribution >= 0.6 is 0 Å². The van der Waals surface area contributed by atoms with E-state index in [1.807, 2.05) is 19.1 Å². The third-order valence-electron chi connectivity index (χ3n) is 4.23. The Labute approximate surface area is 128 Å². The largest absolute Gasteiger partial charge is 0.493 e. The van der Waals surface area contributed by atoms with E-state index in [2.05, 4.69) is 31.3 Å². The van der Waals surface area contributed by atoms with Gasteiger partial charge in [0.1, 0.15) is 11.3 Å². The van der Waals surface area contributed by atoms with Crippen LogP contribution in [0.5, 0.6) is 5.75 Å². The van der Waals surface area contributed by atoms with E-state index in [0.717, 1.165) is 31.6 Å². The van der Waals surface area contributed by atoms with Crippen LogP contribution in [0.3, 0.4) is 0 Å². The summed E-state index contributed by atoms with van der Waals surface area (Å²) in [6.07, 6.45) is 5.31. The zero-order chi connectivity index (χ0) is 15.3. The maximum atomic E-state index is 9.32. The molecule has 1 unspecified atom stereocenters. The number of unbranched alkanes of at least 4 members (excludes halogenated alkanes) is 1. The van der Waals surface area contributed by atoms with E-state index in [1.165, 1.54) is 24.0 Å². The zero-order valence-corrected chi connectivity index (χ0v) is 13.4. The minimum atomic E-state index is -0.375. The number of rotatable bonds is 8. The second kappa shape index (κ2) is 6.95. The van der Waals surface area contributed by atoms with Gasteiger partial charge in [0.2, 0.25) is 0 Å². The second-order valence-electron chi connectivity index (χ2n) is 6.37. The monoisotopic (exact) mass is 286 g/mol. The van der Waals surface area contributed by atoms with Crippen LogP contribution in [0, 0.1) is 25.2 Å². The Hall–Kier alpha value is -1.53. The minimum absolute atomic E-state index is 0.375. The fourth-order valence-corrected chi connectivity index (χ4v) is 2.48. The van der Waals surface area contributed by atoms with Crippen molar-refractivity contribution in [1.29, 1.82) is 5.26 Å². The molecule has 1 aliphatic rings. The molecule has 1 aliphatic carbocycles. The molecule has 1 atom stereocenters. The van der Waals surface area contributed by atoms with Crippen molar-refractivity contribution in [2.75, 3.05) is 6.61 Å². The molecular weight excluding hydrogens is 260 g/mol. The molecule has 0 aliphatic heterocycles. The summed E-state index contributed by atoms with van der Waals surface area (Å²) in [7, 11) is 0. The molecule has 21 heavy (non-hydrogen) atoms. The molecule has 0 aromatic heterocycles. The second-order valence-corrected chi connectivity index (χ2v) is 6.37. The van der Waals surface area contributed by atoms with E-state index in [-0.39, 0.29) is 5.54 Å². The summed E-state index contributed by atoms with van der Waals surface area (Å²) >= 11 is 0. The van der Waals surface area contributed by atoms with Gasteiger partial charge in [0, 0.05) is 6.04 Å². The molecule has 3 nitrogen and oxygen atoms in total. The Morgan fingerprint density at radius 3 is 2.76 bits per heavy atom. The lowest BCUT2D eigenvalue weighted by Crippen LogP contribution is -2.42. The van der Waals surface area contributed by atoms with Gasteiger partial charge in [-0.25, -0.2) is 0 Å². The van der Waals surface area contributed by atoms with Gasteiger partial charge in [-0.1, -0.05) is 12.1 Å². The van der Waals surface area contributed by atoms with Crippen molar-refractivity contribution in [1.82, 2.24) is 5.32 Å². The van der Waals surface area contributed by atoms with Crippen LogP contribution in [0.4, 0.5) is 0 Å². The van der Waals surface area contributed by atoms with E-state index in [1.54, 1.807) is 0 Å². The van der Waals surface area contributed by atoms with Crippen molar-refractivity contribution >= 4 is 0 Å². The van der Waals surface area contributed by atoms with Crippen LogP contribution in [0.2, 0.25) is 0 Å². The Morgan fingerprint density at radius 1 is 1.33 bits per heavy atom. The lowest BCUT2D eigenvalue weighted by Gasteiger charge is -2.23. The topological polar surface area (TPSA) is 45.0 Å². The SMILES string of the molecule is Cc1cccc(OCCCCC(C)(C#N)NC2CC2)c1C. The Bertz CT molecular complexity index is 516. The minimum Gasteiger partial charge on any atom is -0.493 e. The van der Waals surface area contributed by atoms with E-state index in [9.17, 15) is 5.26 Å². The first kappa shape index (κ1) is 15.9. The standard InChI is InChI=1S/C18H26N2O/c1-14-7-6-8-17(15(14)2)21-12-5-4-11-18(3,13-19)20-16-9-10-16/h6-8,16,20H,4-5,9-12H2,1-3H3. The van der Waals surface area contributed by atoms with Gasteiger partial charge in [0.25, 0.3) is 0 Å². The van der Waals surface area contributed by atoms with Crippen LogP contribution in [0.1, 0.15) is 50.2 Å². The molecule has 1 fully saturated rings. The number of nitrogens with one attached hydrogen (secondary N) is 1. The summed E-state index contributed by atoms with van der Waals surface area (Å²) in [6.45, 7) is 6.92. The third-order valence-corrected chi connectivity index (χ3v) is 4.23. The van der Waals surface area contributed by atoms with Crippen LogP contribution in [0.15, 0.2) is 18.2 Å². The zero-order valence-electron chi connectivity index (χ0n) is 13.4. The van der Waals surface area contributed by atoms with E-state index in [0.29, 0.717) is 6.04 Å². The van der Waals surface area contributed by atoms with Gasteiger partial charge in [0.15, 0.2) is 0 Å². The molecule has 1 N–H and O–H groups in total. The van der Waals surface area contributed by atoms with Gasteiger partial charge in [-0.2, -0.15) is 5.26 Å². The molecule has 1 saturated carbocycles. The van der Waals surface area contributed by atoms with Crippen LogP contribution in [-0.2, 0) is 0 Å². The predicted octanol–water partition coefficient (Wildman–Crippen LogP) is 3.89. The number of hydrogen-bond acceptors (Lipinski definition) is 3. The van der Waals surface area contributed by atoms with E-state index in [4.69, 9.17) is 4.74 Å². The maximum absolute atomic E-state index is 9.32. The van der Waals surface area contributed by atoms with Gasteiger partial charge in [-0.15, -0.1) is 0 Å². The van der Waals surface area contributed by atoms with Crippen LogP contribution in [-0.4, -0.2) is 18.2 Å². The summed E-state index contributed by atoms with van der Waals surface area (Å²) in [5.74, 6) is 0.981. The smallest absolute Gasteiger partial charge is 0.122 e. The molecule has 1 aromatic carbocycles. The molecule has 0 heterocycles. The van der Waals surface area contributed by atoms with Crippen molar-refractivity contribution in [3.05, 3.63) is 29.3 Å². The summed E-state index contributed by atoms with van der Waals surface area (Å²) in [4.78, 5) is 0. The Kier molecular flexibility index (Phi) is 5.25. The molecule has 114 valence electrons. The molecule has 3 heteroatoms. The number of hydrogen-bond donors (Lipinski definition) is 1. The van der Waals surface area contributed by atoms with Crippen LogP contribution < -0.4 is 10.1 Å². The quantitative estimate of drug-likeness (QED) is 0.737. The van der Waals surface area contributed by atoms with Gasteiger partial charge < -0.3 is 4.74 Å². The number of nitriles is 1. The number of benzene rings is 1. The van der Waals surface area contributed by atoms with Gasteiger partial charge in [0.05, 0.1) is 12.7 Å². The average molecular weight is 286 g/mol. The van der Waals surface area contributed by atoms with Crippen LogP contribution in [0.25, 0.3) is 0 Å². The fourth-order valence-electron chi connectivity index (χ4n) is 2.48. The summed E-state index contributed by atoms with van der Waals surface area (Å²) in [5.41, 5.74) is 2.11. The highest BCUT2D eigenvalue weighted by Crippen LogP contribution is 2.25. The predicted molar refractivity (Wildman–Crippen MR) is 85.4 cm³/mol. The van der Waals surface area contributed by atoms with Crippen molar-refractivity contribution in [3.8, 4) is 11.8 Å². The number of ether oxygens (including phenoxy) is 1. The summed E-state index contributed by atoms with van der Waals surface area (Å²) in [5, 5.41) is 12.8. The average Bonchev–Trinajstić information content (AvgIpc) is 3.27. The summed E-state index contributed by atoms with van der Waals surface area (Å²) in [6, 6.07) is 9.15. The van der Waals surface area contributed by atoms with Crippen molar-refractivity contribution in [3.63, 3.8) is 0 Å². The summed E-state index contributed by atoms with van der Waals surface area (Å²) < 4.78 is 5.86. The molecular formula is C18H26N2O. The molecule has 0 saturated heterocycles. The van der Waals surface area contributed by atoms with Gasteiger partial charge >= 0.3 is 0 Å². The lowest BCUT2D eigenvalue weighted by molar-refractivity contribution is 0.293. The first-order chi connectivity index (χ1) is 10.0. The highest BCUT2D eigenvalue weighted by molar-refractivity contribution is 5.38. The van der Waals surface area contributed by atoms with Crippen molar-refractivity contribution < 1.29 is 4.74 Å². The first-order valence-corrected chi connectivity index (χ1v) is 7.92. The van der Waals surface area contributed by atoms with E-state index >= 15 is 0 Å². The molecule has 0 bridgehead atoms. The number of aryl methyl sites for hydroxylation is 1. The Morgan fingerprint density at radius 2 is 2.10 bits per heavy atom. The molecule has 1 aromatic rings. The van der Waals surface area contributed by atoms with Gasteiger partial charge in [-0.3, -0.25) is 5.32 Å². The highest BCUT2D eigenvalue weighted by Gasteiger charge is 2.31. The third kappa shape index (κ3) is 4.75. The molecule has 0 amide bonds. The first-order valence-electron chi connectivity index (χ1n) is 7.92.